The highest BCUT2D eigenvalue weighted by molar-refractivity contribution is 9.10. The molecule has 1 amide bonds. The molecule has 2 fully saturated rings. The van der Waals surface area contributed by atoms with E-state index >= 15 is 0 Å². The third-order valence-corrected chi connectivity index (χ3v) is 4.51. The lowest BCUT2D eigenvalue weighted by Crippen LogP contribution is -2.41. The highest BCUT2D eigenvalue weighted by Crippen LogP contribution is 2.46. The molecule has 3 rings (SSSR count). The maximum atomic E-state index is 12.3. The molecular weight excluding hydrogens is 306 g/mol. The summed E-state index contributed by atoms with van der Waals surface area (Å²) in [4.78, 5) is 12.3. The second-order valence-corrected chi connectivity index (χ2v) is 6.41. The molecule has 1 aliphatic heterocycles. The van der Waals surface area contributed by atoms with Gasteiger partial charge in [0.15, 0.2) is 0 Å². The van der Waals surface area contributed by atoms with Gasteiger partial charge in [-0.25, -0.2) is 0 Å². The maximum Gasteiger partial charge on any atom is 0.226 e. The van der Waals surface area contributed by atoms with E-state index in [1.807, 2.05) is 12.1 Å². The van der Waals surface area contributed by atoms with E-state index in [1.54, 1.807) is 0 Å². The van der Waals surface area contributed by atoms with E-state index in [0.29, 0.717) is 6.61 Å². The van der Waals surface area contributed by atoms with Crippen LogP contribution in [0.5, 0.6) is 0 Å². The maximum absolute atomic E-state index is 12.3. The summed E-state index contributed by atoms with van der Waals surface area (Å²) in [6.45, 7) is 1.36. The zero-order chi connectivity index (χ0) is 13.3. The predicted octanol–water partition coefficient (Wildman–Crippen LogP) is 2.98. The van der Waals surface area contributed by atoms with Gasteiger partial charge in [0.05, 0.1) is 18.1 Å². The van der Waals surface area contributed by atoms with E-state index in [4.69, 9.17) is 4.74 Å². The number of carbonyl (C=O) groups excluding carboxylic acids is 1. The Labute approximate surface area is 121 Å². The number of amides is 1. The third kappa shape index (κ3) is 2.84. The third-order valence-electron chi connectivity index (χ3n) is 4.02. The molecule has 1 atom stereocenters. The van der Waals surface area contributed by atoms with Gasteiger partial charge in [0.2, 0.25) is 5.91 Å². The fourth-order valence-electron chi connectivity index (χ4n) is 2.68. The summed E-state index contributed by atoms with van der Waals surface area (Å²) in [5.74, 6) is 0.176. The number of benzene rings is 1. The van der Waals surface area contributed by atoms with E-state index in [0.717, 1.165) is 36.8 Å². The Bertz CT molecular complexity index is 479. The Morgan fingerprint density at radius 2 is 2.26 bits per heavy atom. The molecule has 0 bridgehead atoms. The first-order valence-electron chi connectivity index (χ1n) is 6.85. The van der Waals surface area contributed by atoms with Gasteiger partial charge in [0, 0.05) is 11.1 Å². The van der Waals surface area contributed by atoms with Crippen LogP contribution < -0.4 is 5.32 Å². The van der Waals surface area contributed by atoms with Crippen molar-refractivity contribution in [3.05, 3.63) is 34.3 Å². The van der Waals surface area contributed by atoms with Crippen LogP contribution in [0.4, 0.5) is 0 Å². The second-order valence-electron chi connectivity index (χ2n) is 5.50. The van der Waals surface area contributed by atoms with Gasteiger partial charge in [-0.1, -0.05) is 28.1 Å². The van der Waals surface area contributed by atoms with Crippen molar-refractivity contribution in [2.24, 2.45) is 5.92 Å². The molecule has 102 valence electrons. The average molecular weight is 324 g/mol. The molecule has 1 saturated heterocycles. The molecule has 19 heavy (non-hydrogen) atoms. The first-order chi connectivity index (χ1) is 9.20. The molecule has 1 heterocycles. The van der Waals surface area contributed by atoms with Crippen LogP contribution in [0.2, 0.25) is 0 Å². The first-order valence-corrected chi connectivity index (χ1v) is 7.65. The van der Waals surface area contributed by atoms with Gasteiger partial charge in [-0.15, -0.1) is 0 Å². The zero-order valence-corrected chi connectivity index (χ0v) is 12.4. The summed E-state index contributed by atoms with van der Waals surface area (Å²) < 4.78 is 6.46. The van der Waals surface area contributed by atoms with Gasteiger partial charge in [-0.3, -0.25) is 4.79 Å². The molecule has 1 N–H and O–H groups in total. The number of rotatable bonds is 3. The highest BCUT2D eigenvalue weighted by atomic mass is 79.9. The van der Waals surface area contributed by atoms with Crippen LogP contribution in [0, 0.1) is 5.92 Å². The first kappa shape index (κ1) is 13.1. The van der Waals surface area contributed by atoms with Crippen LogP contribution in [0.3, 0.4) is 0 Å². The minimum Gasteiger partial charge on any atom is -0.381 e. The van der Waals surface area contributed by atoms with Crippen molar-refractivity contribution in [1.29, 1.82) is 0 Å². The molecule has 4 heteroatoms. The number of carbonyl (C=O) groups is 1. The molecule has 3 nitrogen and oxygen atoms in total. The predicted molar refractivity (Wildman–Crippen MR) is 76.7 cm³/mol. The van der Waals surface area contributed by atoms with E-state index in [1.165, 1.54) is 5.56 Å². The summed E-state index contributed by atoms with van der Waals surface area (Å²) in [6.07, 6.45) is 3.99. The summed E-state index contributed by atoms with van der Waals surface area (Å²) in [5.41, 5.74) is 1.07. The fraction of sp³-hybridized carbons (Fsp3) is 0.533. The number of hydrogen-bond acceptors (Lipinski definition) is 2. The van der Waals surface area contributed by atoms with Crippen LogP contribution in [0.25, 0.3) is 0 Å². The van der Waals surface area contributed by atoms with Gasteiger partial charge >= 0.3 is 0 Å². The summed E-state index contributed by atoms with van der Waals surface area (Å²) in [7, 11) is 0. The normalized spacial score (nSPS) is 24.8. The Balaban J connectivity index is 1.70. The van der Waals surface area contributed by atoms with E-state index < -0.39 is 0 Å². The van der Waals surface area contributed by atoms with Crippen LogP contribution in [0.15, 0.2) is 28.7 Å². The highest BCUT2D eigenvalue weighted by Gasteiger charge is 2.46. The van der Waals surface area contributed by atoms with Crippen molar-refractivity contribution >= 4 is 21.8 Å². The van der Waals surface area contributed by atoms with E-state index in [9.17, 15) is 4.79 Å². The van der Waals surface area contributed by atoms with Gasteiger partial charge in [0.1, 0.15) is 0 Å². The molecule has 0 spiro atoms. The lowest BCUT2D eigenvalue weighted by molar-refractivity contribution is -0.130. The molecule has 1 aromatic rings. The number of halogens is 1. The standard InChI is InChI=1S/C15H18BrNO2/c16-13-5-1-4-12(9-13)15(6-7-15)17-14(18)11-3-2-8-19-10-11/h1,4-5,9,11H,2-3,6-8,10H2,(H,17,18). The second kappa shape index (κ2) is 5.25. The Morgan fingerprint density at radius 3 is 2.89 bits per heavy atom. The number of hydrogen-bond donors (Lipinski definition) is 1. The van der Waals surface area contributed by atoms with Crippen LogP contribution in [-0.4, -0.2) is 19.1 Å². The SMILES string of the molecule is O=C(NC1(c2cccc(Br)c2)CC1)C1CCCOC1. The zero-order valence-electron chi connectivity index (χ0n) is 10.8. The van der Waals surface area contributed by atoms with Crippen LogP contribution in [0.1, 0.15) is 31.2 Å². The van der Waals surface area contributed by atoms with Gasteiger partial charge in [-0.05, 0) is 43.4 Å². The van der Waals surface area contributed by atoms with Crippen LogP contribution in [-0.2, 0) is 15.1 Å². The molecule has 0 radical (unpaired) electrons. The number of nitrogens with one attached hydrogen (secondary N) is 1. The van der Waals surface area contributed by atoms with Crippen molar-refractivity contribution in [2.75, 3.05) is 13.2 Å². The van der Waals surface area contributed by atoms with E-state index in [-0.39, 0.29) is 17.4 Å². The van der Waals surface area contributed by atoms with Crippen molar-refractivity contribution in [2.45, 2.75) is 31.2 Å². The molecule has 0 aromatic heterocycles. The molecular formula is C15H18BrNO2. The molecule has 1 unspecified atom stereocenters. The minimum absolute atomic E-state index is 0.0263. The van der Waals surface area contributed by atoms with Crippen molar-refractivity contribution < 1.29 is 9.53 Å². The Morgan fingerprint density at radius 1 is 1.42 bits per heavy atom. The monoisotopic (exact) mass is 323 g/mol. The summed E-state index contributed by atoms with van der Waals surface area (Å²) in [6, 6.07) is 8.23. The molecule has 1 aromatic carbocycles. The average Bonchev–Trinajstić information content (AvgIpc) is 3.21. The van der Waals surface area contributed by atoms with Gasteiger partial charge in [-0.2, -0.15) is 0 Å². The smallest absolute Gasteiger partial charge is 0.226 e. The topological polar surface area (TPSA) is 38.3 Å². The number of ether oxygens (including phenoxy) is 1. The lowest BCUT2D eigenvalue weighted by Gasteiger charge is -2.25. The van der Waals surface area contributed by atoms with Crippen molar-refractivity contribution in [3.63, 3.8) is 0 Å². The largest absolute Gasteiger partial charge is 0.381 e. The van der Waals surface area contributed by atoms with E-state index in [2.05, 4.69) is 33.4 Å². The van der Waals surface area contributed by atoms with Crippen LogP contribution >= 0.6 is 15.9 Å². The minimum atomic E-state index is -0.127. The van der Waals surface area contributed by atoms with Crippen molar-refractivity contribution in [3.8, 4) is 0 Å². The quantitative estimate of drug-likeness (QED) is 0.928. The fourth-order valence-corrected chi connectivity index (χ4v) is 3.08. The molecule has 2 aliphatic rings. The van der Waals surface area contributed by atoms with Crippen molar-refractivity contribution in [1.82, 2.24) is 5.32 Å². The Kier molecular flexibility index (Phi) is 3.63. The lowest BCUT2D eigenvalue weighted by atomic mass is 9.99. The van der Waals surface area contributed by atoms with Gasteiger partial charge in [0.25, 0.3) is 0 Å². The molecule has 1 aliphatic carbocycles. The Hall–Kier alpha value is -0.870. The summed E-state index contributed by atoms with van der Waals surface area (Å²) >= 11 is 3.49. The molecule has 1 saturated carbocycles. The van der Waals surface area contributed by atoms with Gasteiger partial charge < -0.3 is 10.1 Å². The summed E-state index contributed by atoms with van der Waals surface area (Å²) in [5, 5.41) is 3.24.